The SMILES string of the molecule is C1CN=C2NCCCN2C1.CN(C)C(=NC(C)(C)C)N(C)C.CN1CCCN2CCCN=C12. The molecule has 0 unspecified atom stereocenters. The molecule has 2 saturated heterocycles. The van der Waals surface area contributed by atoms with Crippen molar-refractivity contribution in [2.45, 2.75) is 52.0 Å². The largest absolute Gasteiger partial charge is 0.356 e. The molecule has 4 heterocycles. The van der Waals surface area contributed by atoms with Crippen molar-refractivity contribution in [3.63, 3.8) is 0 Å². The van der Waals surface area contributed by atoms with Gasteiger partial charge in [0.2, 0.25) is 0 Å². The van der Waals surface area contributed by atoms with Gasteiger partial charge in [-0.1, -0.05) is 0 Å². The van der Waals surface area contributed by atoms with Gasteiger partial charge in [0.05, 0.1) is 5.54 Å². The summed E-state index contributed by atoms with van der Waals surface area (Å²) in [6, 6.07) is 0. The minimum absolute atomic E-state index is 0.0100. The Labute approximate surface area is 202 Å². The third kappa shape index (κ3) is 9.29. The normalized spacial score (nSPS) is 19.7. The van der Waals surface area contributed by atoms with E-state index in [0.717, 1.165) is 31.6 Å². The van der Waals surface area contributed by atoms with Crippen molar-refractivity contribution in [2.24, 2.45) is 15.0 Å². The topological polar surface area (TPSA) is 65.3 Å². The highest BCUT2D eigenvalue weighted by Crippen LogP contribution is 2.11. The fourth-order valence-corrected chi connectivity index (χ4v) is 4.22. The molecule has 0 amide bonds. The van der Waals surface area contributed by atoms with Crippen LogP contribution in [0.4, 0.5) is 0 Å². The Bertz CT molecular complexity index is 666. The van der Waals surface area contributed by atoms with Gasteiger partial charge in [0, 0.05) is 87.6 Å². The third-order valence-corrected chi connectivity index (χ3v) is 5.66. The van der Waals surface area contributed by atoms with Crippen LogP contribution in [0.3, 0.4) is 0 Å². The number of rotatable bonds is 0. The van der Waals surface area contributed by atoms with Gasteiger partial charge in [0.15, 0.2) is 17.9 Å². The van der Waals surface area contributed by atoms with E-state index in [1.54, 1.807) is 0 Å². The summed E-state index contributed by atoms with van der Waals surface area (Å²) in [5, 5.41) is 3.30. The highest BCUT2D eigenvalue weighted by Gasteiger charge is 2.22. The second-order valence-corrected chi connectivity index (χ2v) is 10.5. The predicted octanol–water partition coefficient (Wildman–Crippen LogP) is 1.69. The Kier molecular flexibility index (Phi) is 10.6. The van der Waals surface area contributed by atoms with Crippen LogP contribution in [0.2, 0.25) is 0 Å². The van der Waals surface area contributed by atoms with Crippen LogP contribution >= 0.6 is 0 Å². The Morgan fingerprint density at radius 1 is 0.818 bits per heavy atom. The van der Waals surface area contributed by atoms with Gasteiger partial charge in [-0.25, -0.2) is 4.99 Å². The quantitative estimate of drug-likeness (QED) is 0.436. The number of hydrogen-bond donors (Lipinski definition) is 1. The zero-order valence-corrected chi connectivity index (χ0v) is 22.6. The summed E-state index contributed by atoms with van der Waals surface area (Å²) in [4.78, 5) is 24.5. The average molecular weight is 464 g/mol. The second-order valence-electron chi connectivity index (χ2n) is 10.5. The van der Waals surface area contributed by atoms with Crippen LogP contribution in [0.5, 0.6) is 0 Å². The van der Waals surface area contributed by atoms with E-state index < -0.39 is 0 Å². The number of fused-ring (bicyclic) bond motifs is 2. The van der Waals surface area contributed by atoms with Gasteiger partial charge in [0.25, 0.3) is 0 Å². The molecule has 0 saturated carbocycles. The van der Waals surface area contributed by atoms with Gasteiger partial charge in [0.1, 0.15) is 0 Å². The van der Waals surface area contributed by atoms with Gasteiger partial charge in [-0.3, -0.25) is 9.98 Å². The minimum atomic E-state index is -0.0100. The van der Waals surface area contributed by atoms with Crippen molar-refractivity contribution in [1.29, 1.82) is 0 Å². The van der Waals surface area contributed by atoms with E-state index >= 15 is 0 Å². The fourth-order valence-electron chi connectivity index (χ4n) is 4.22. The van der Waals surface area contributed by atoms with Gasteiger partial charge in [-0.05, 0) is 46.5 Å². The molecule has 0 aromatic rings. The summed E-state index contributed by atoms with van der Waals surface area (Å²) in [7, 11) is 10.2. The van der Waals surface area contributed by atoms with E-state index in [9.17, 15) is 0 Å². The summed E-state index contributed by atoms with van der Waals surface area (Å²) in [5.41, 5.74) is -0.0100. The van der Waals surface area contributed by atoms with Crippen molar-refractivity contribution in [3.05, 3.63) is 0 Å². The van der Waals surface area contributed by atoms with Gasteiger partial charge >= 0.3 is 0 Å². The first-order chi connectivity index (χ1) is 15.6. The first kappa shape index (κ1) is 27.1. The molecule has 0 aromatic heterocycles. The van der Waals surface area contributed by atoms with Crippen molar-refractivity contribution >= 4 is 17.9 Å². The van der Waals surface area contributed by atoms with Crippen molar-refractivity contribution in [3.8, 4) is 0 Å². The minimum Gasteiger partial charge on any atom is -0.356 e. The molecule has 4 aliphatic rings. The lowest BCUT2D eigenvalue weighted by Crippen LogP contribution is -2.50. The van der Waals surface area contributed by atoms with Crippen LogP contribution in [-0.2, 0) is 0 Å². The van der Waals surface area contributed by atoms with Crippen molar-refractivity contribution < 1.29 is 0 Å². The van der Waals surface area contributed by atoms with E-state index in [2.05, 4.69) is 62.8 Å². The van der Waals surface area contributed by atoms with Crippen molar-refractivity contribution in [1.82, 2.24) is 29.8 Å². The maximum Gasteiger partial charge on any atom is 0.196 e. The predicted molar refractivity (Wildman–Crippen MR) is 141 cm³/mol. The van der Waals surface area contributed by atoms with Gasteiger partial charge in [-0.2, -0.15) is 0 Å². The summed E-state index contributed by atoms with van der Waals surface area (Å²) >= 11 is 0. The van der Waals surface area contributed by atoms with E-state index in [4.69, 9.17) is 0 Å². The summed E-state index contributed by atoms with van der Waals surface area (Å²) in [6.45, 7) is 15.4. The van der Waals surface area contributed by atoms with Crippen LogP contribution in [0.15, 0.2) is 15.0 Å². The molecule has 0 atom stereocenters. The number of aliphatic imine (C=N–C) groups is 3. The highest BCUT2D eigenvalue weighted by molar-refractivity contribution is 5.81. The average Bonchev–Trinajstić information content (AvgIpc) is 2.78. The van der Waals surface area contributed by atoms with Crippen LogP contribution in [0.1, 0.15) is 46.5 Å². The molecule has 190 valence electrons. The molecular weight excluding hydrogens is 414 g/mol. The Morgan fingerprint density at radius 3 is 1.94 bits per heavy atom. The number of nitrogens with one attached hydrogen (secondary N) is 1. The van der Waals surface area contributed by atoms with Crippen LogP contribution in [0, 0.1) is 0 Å². The summed E-state index contributed by atoms with van der Waals surface area (Å²) < 4.78 is 0. The van der Waals surface area contributed by atoms with E-state index in [0.29, 0.717) is 0 Å². The van der Waals surface area contributed by atoms with Crippen LogP contribution in [0.25, 0.3) is 0 Å². The summed E-state index contributed by atoms with van der Waals surface area (Å²) in [5.74, 6) is 3.36. The molecule has 4 aliphatic heterocycles. The van der Waals surface area contributed by atoms with E-state index in [1.165, 1.54) is 64.4 Å². The van der Waals surface area contributed by atoms with Crippen molar-refractivity contribution in [2.75, 3.05) is 87.6 Å². The zero-order valence-electron chi connectivity index (χ0n) is 22.6. The molecule has 0 aliphatic carbocycles. The zero-order chi connectivity index (χ0) is 24.4. The molecule has 0 spiro atoms. The Hall–Kier alpha value is -2.19. The molecular formula is C24H49N9. The molecule has 2 fully saturated rings. The monoisotopic (exact) mass is 463 g/mol. The van der Waals surface area contributed by atoms with E-state index in [-0.39, 0.29) is 5.54 Å². The summed E-state index contributed by atoms with van der Waals surface area (Å²) in [6.07, 6.45) is 5.01. The number of nitrogens with zero attached hydrogens (tertiary/aromatic N) is 8. The van der Waals surface area contributed by atoms with Crippen LogP contribution < -0.4 is 5.32 Å². The maximum atomic E-state index is 4.58. The molecule has 0 bridgehead atoms. The molecule has 9 heteroatoms. The second kappa shape index (κ2) is 12.9. The maximum absolute atomic E-state index is 4.58. The highest BCUT2D eigenvalue weighted by atomic mass is 15.4. The number of hydrogen-bond acceptors (Lipinski definition) is 7. The molecule has 4 rings (SSSR count). The lowest BCUT2D eigenvalue weighted by molar-refractivity contribution is 0.269. The first-order valence-corrected chi connectivity index (χ1v) is 12.6. The Morgan fingerprint density at radius 2 is 1.39 bits per heavy atom. The first-order valence-electron chi connectivity index (χ1n) is 12.6. The molecule has 0 aromatic carbocycles. The fraction of sp³-hybridized carbons (Fsp3) is 0.875. The lowest BCUT2D eigenvalue weighted by atomic mass is 10.1. The Balaban J connectivity index is 0.000000175. The smallest absolute Gasteiger partial charge is 0.196 e. The molecule has 1 N–H and O–H groups in total. The third-order valence-electron chi connectivity index (χ3n) is 5.66. The molecule has 33 heavy (non-hydrogen) atoms. The standard InChI is InChI=1S/C9H21N3.C8H15N3.C7H13N3/c1-9(2,3)10-8(11(4)5)12(6)7;1-10-5-3-7-11-6-2-4-9-8(10)11;1-3-8-7-9-4-2-6-10(7)5-1/h1-7H3;2-7H2,1H3;1-6H2,(H,8,9). The van der Waals surface area contributed by atoms with Gasteiger partial charge < -0.3 is 29.8 Å². The molecule has 9 nitrogen and oxygen atoms in total. The van der Waals surface area contributed by atoms with Gasteiger partial charge in [-0.15, -0.1) is 0 Å². The van der Waals surface area contributed by atoms with E-state index in [1.807, 2.05) is 38.0 Å². The van der Waals surface area contributed by atoms with Crippen LogP contribution in [-0.4, -0.2) is 136 Å². The number of guanidine groups is 3. The lowest BCUT2D eigenvalue weighted by Gasteiger charge is -2.39. The molecule has 0 radical (unpaired) electrons.